The first-order valence-electron chi connectivity index (χ1n) is 5.74. The number of carbonyl (C=O) groups excluding carboxylic acids is 1. The van der Waals surface area contributed by atoms with Gasteiger partial charge >= 0.3 is 0 Å². The van der Waals surface area contributed by atoms with E-state index in [9.17, 15) is 4.79 Å². The molecule has 1 heterocycles. The number of fused-ring (bicyclic) bond motifs is 1. The van der Waals surface area contributed by atoms with Crippen LogP contribution in [0.1, 0.15) is 12.8 Å². The minimum Gasteiger partial charge on any atom is -0.454 e. The number of hydrogen-bond acceptors (Lipinski definition) is 4. The van der Waals surface area contributed by atoms with Crippen molar-refractivity contribution in [2.45, 2.75) is 12.8 Å². The molecule has 0 bridgehead atoms. The second kappa shape index (κ2) is 5.93. The Morgan fingerprint density at radius 3 is 2.83 bits per heavy atom. The molecule has 1 aliphatic heterocycles. The average molecular weight is 271 g/mol. The highest BCUT2D eigenvalue weighted by Crippen LogP contribution is 2.39. The van der Waals surface area contributed by atoms with Crippen LogP contribution in [-0.2, 0) is 4.79 Å². The lowest BCUT2D eigenvalue weighted by molar-refractivity contribution is -0.116. The number of benzene rings is 1. The van der Waals surface area contributed by atoms with Gasteiger partial charge in [0.25, 0.3) is 0 Å². The number of nitrogens with one attached hydrogen (secondary N) is 2. The SMILES string of the molecule is CNCCCC(=O)Nc1cc2c(cc1Cl)OCO2. The molecule has 0 fully saturated rings. The van der Waals surface area contributed by atoms with Gasteiger partial charge in [0.1, 0.15) is 0 Å². The summed E-state index contributed by atoms with van der Waals surface area (Å²) in [7, 11) is 1.85. The van der Waals surface area contributed by atoms with E-state index < -0.39 is 0 Å². The summed E-state index contributed by atoms with van der Waals surface area (Å²) in [6.07, 6.45) is 1.23. The Morgan fingerprint density at radius 1 is 1.39 bits per heavy atom. The van der Waals surface area contributed by atoms with Crippen LogP contribution in [0.25, 0.3) is 0 Å². The standard InChI is InChI=1S/C12H15ClN2O3/c1-14-4-2-3-12(16)15-9-6-11-10(5-8(9)13)17-7-18-11/h5-6,14H,2-4,7H2,1H3,(H,15,16). The second-order valence-corrected chi connectivity index (χ2v) is 4.35. The van der Waals surface area contributed by atoms with Crippen molar-refractivity contribution < 1.29 is 14.3 Å². The largest absolute Gasteiger partial charge is 0.454 e. The molecule has 0 aliphatic carbocycles. The first kappa shape index (κ1) is 13.0. The number of anilines is 1. The zero-order valence-corrected chi connectivity index (χ0v) is 10.8. The molecule has 0 spiro atoms. The van der Waals surface area contributed by atoms with Crippen LogP contribution in [0.15, 0.2) is 12.1 Å². The normalized spacial score (nSPS) is 12.6. The third kappa shape index (κ3) is 3.05. The number of halogens is 1. The molecule has 1 aromatic carbocycles. The first-order chi connectivity index (χ1) is 8.70. The molecule has 0 unspecified atom stereocenters. The predicted molar refractivity (Wildman–Crippen MR) is 69.4 cm³/mol. The van der Waals surface area contributed by atoms with Gasteiger partial charge in [-0.25, -0.2) is 0 Å². The van der Waals surface area contributed by atoms with Crippen LogP contribution in [0.4, 0.5) is 5.69 Å². The fourth-order valence-corrected chi connectivity index (χ4v) is 1.85. The maximum Gasteiger partial charge on any atom is 0.231 e. The number of ether oxygens (including phenoxy) is 2. The minimum absolute atomic E-state index is 0.0639. The molecule has 0 radical (unpaired) electrons. The molecule has 1 amide bonds. The Labute approximate surface area is 110 Å². The summed E-state index contributed by atoms with van der Waals surface area (Å²) in [5.74, 6) is 1.14. The smallest absolute Gasteiger partial charge is 0.231 e. The quantitative estimate of drug-likeness (QED) is 0.804. The van der Waals surface area contributed by atoms with Crippen LogP contribution < -0.4 is 20.1 Å². The van der Waals surface area contributed by atoms with Gasteiger partial charge in [0.2, 0.25) is 12.7 Å². The number of hydrogen-bond donors (Lipinski definition) is 2. The molecular formula is C12H15ClN2O3. The first-order valence-corrected chi connectivity index (χ1v) is 6.12. The zero-order chi connectivity index (χ0) is 13.0. The molecule has 2 rings (SSSR count). The number of amides is 1. The van der Waals surface area contributed by atoms with Gasteiger partial charge in [-0.2, -0.15) is 0 Å². The lowest BCUT2D eigenvalue weighted by atomic mass is 10.2. The van der Waals surface area contributed by atoms with E-state index in [1.165, 1.54) is 0 Å². The van der Waals surface area contributed by atoms with Crippen molar-refractivity contribution in [2.24, 2.45) is 0 Å². The molecule has 5 nitrogen and oxygen atoms in total. The predicted octanol–water partition coefficient (Wildman–Crippen LogP) is 2.01. The van der Waals surface area contributed by atoms with Gasteiger partial charge in [0.15, 0.2) is 11.5 Å². The fraction of sp³-hybridized carbons (Fsp3) is 0.417. The maximum atomic E-state index is 11.7. The number of rotatable bonds is 5. The second-order valence-electron chi connectivity index (χ2n) is 3.94. The highest BCUT2D eigenvalue weighted by Gasteiger charge is 2.17. The third-order valence-electron chi connectivity index (χ3n) is 2.57. The Kier molecular flexibility index (Phi) is 4.28. The van der Waals surface area contributed by atoms with Crippen molar-refractivity contribution in [2.75, 3.05) is 25.7 Å². The van der Waals surface area contributed by atoms with Crippen molar-refractivity contribution in [3.63, 3.8) is 0 Å². The monoisotopic (exact) mass is 270 g/mol. The molecule has 0 saturated carbocycles. The lowest BCUT2D eigenvalue weighted by Crippen LogP contribution is -2.15. The van der Waals surface area contributed by atoms with Crippen LogP contribution in [0, 0.1) is 0 Å². The third-order valence-corrected chi connectivity index (χ3v) is 2.88. The summed E-state index contributed by atoms with van der Waals surface area (Å²) in [4.78, 5) is 11.7. The highest BCUT2D eigenvalue weighted by molar-refractivity contribution is 6.34. The van der Waals surface area contributed by atoms with E-state index in [-0.39, 0.29) is 12.7 Å². The van der Waals surface area contributed by atoms with Crippen LogP contribution >= 0.6 is 11.6 Å². The van der Waals surface area contributed by atoms with E-state index in [0.29, 0.717) is 28.6 Å². The molecule has 1 aromatic rings. The number of carbonyl (C=O) groups is 1. The average Bonchev–Trinajstić information content (AvgIpc) is 2.77. The molecule has 2 N–H and O–H groups in total. The van der Waals surface area contributed by atoms with Gasteiger partial charge in [-0.05, 0) is 20.0 Å². The van der Waals surface area contributed by atoms with E-state index >= 15 is 0 Å². The maximum absolute atomic E-state index is 11.7. The lowest BCUT2D eigenvalue weighted by Gasteiger charge is -2.08. The van der Waals surface area contributed by atoms with Gasteiger partial charge in [-0.3, -0.25) is 4.79 Å². The van der Waals surface area contributed by atoms with Crippen LogP contribution in [0.5, 0.6) is 11.5 Å². The van der Waals surface area contributed by atoms with Crippen molar-refractivity contribution in [1.82, 2.24) is 5.32 Å². The van der Waals surface area contributed by atoms with E-state index in [4.69, 9.17) is 21.1 Å². The molecule has 6 heteroatoms. The van der Waals surface area contributed by atoms with Crippen LogP contribution in [0.3, 0.4) is 0 Å². The summed E-state index contributed by atoms with van der Waals surface area (Å²) < 4.78 is 10.4. The van der Waals surface area contributed by atoms with Crippen molar-refractivity contribution in [3.8, 4) is 11.5 Å². The van der Waals surface area contributed by atoms with Gasteiger partial charge < -0.3 is 20.1 Å². The fourth-order valence-electron chi connectivity index (χ4n) is 1.65. The van der Waals surface area contributed by atoms with Gasteiger partial charge in [-0.1, -0.05) is 11.6 Å². The van der Waals surface area contributed by atoms with E-state index in [0.717, 1.165) is 13.0 Å². The van der Waals surface area contributed by atoms with Crippen LogP contribution in [-0.4, -0.2) is 26.3 Å². The summed E-state index contributed by atoms with van der Waals surface area (Å²) in [5, 5.41) is 6.20. The van der Waals surface area contributed by atoms with E-state index in [2.05, 4.69) is 10.6 Å². The van der Waals surface area contributed by atoms with E-state index in [1.807, 2.05) is 7.05 Å². The van der Waals surface area contributed by atoms with Crippen molar-refractivity contribution in [3.05, 3.63) is 17.2 Å². The summed E-state index contributed by atoms with van der Waals surface area (Å²) in [5.41, 5.74) is 0.551. The molecule has 0 atom stereocenters. The summed E-state index contributed by atoms with van der Waals surface area (Å²) >= 11 is 6.05. The van der Waals surface area contributed by atoms with Gasteiger partial charge in [0.05, 0.1) is 10.7 Å². The Morgan fingerprint density at radius 2 is 2.11 bits per heavy atom. The van der Waals surface area contributed by atoms with Gasteiger partial charge in [-0.15, -0.1) is 0 Å². The van der Waals surface area contributed by atoms with Gasteiger partial charge in [0, 0.05) is 18.6 Å². The summed E-state index contributed by atoms with van der Waals surface area (Å²) in [6, 6.07) is 3.33. The molecular weight excluding hydrogens is 256 g/mol. The van der Waals surface area contributed by atoms with Crippen LogP contribution in [0.2, 0.25) is 5.02 Å². The highest BCUT2D eigenvalue weighted by atomic mass is 35.5. The molecule has 0 saturated heterocycles. The Balaban J connectivity index is 1.99. The molecule has 0 aromatic heterocycles. The Hall–Kier alpha value is -1.46. The van der Waals surface area contributed by atoms with Crippen molar-refractivity contribution >= 4 is 23.2 Å². The zero-order valence-electron chi connectivity index (χ0n) is 10.1. The van der Waals surface area contributed by atoms with E-state index in [1.54, 1.807) is 12.1 Å². The molecule has 18 heavy (non-hydrogen) atoms. The molecule has 1 aliphatic rings. The van der Waals surface area contributed by atoms with Crippen molar-refractivity contribution in [1.29, 1.82) is 0 Å². The molecule has 98 valence electrons. The topological polar surface area (TPSA) is 59.6 Å². The summed E-state index contributed by atoms with van der Waals surface area (Å²) in [6.45, 7) is 0.994. The minimum atomic E-state index is -0.0639. The Bertz CT molecular complexity index is 451.